The molecule has 1 saturated heterocycles. The van der Waals surface area contributed by atoms with Crippen LogP contribution >= 0.6 is 0 Å². The first-order chi connectivity index (χ1) is 5.43. The molecule has 0 aliphatic carbocycles. The van der Waals surface area contributed by atoms with Crippen molar-refractivity contribution in [3.63, 3.8) is 0 Å². The van der Waals surface area contributed by atoms with E-state index in [0.717, 1.165) is 39.3 Å². The molecule has 64 valence electrons. The molecule has 0 aromatic rings. The molecule has 0 aromatic carbocycles. The molecule has 1 aliphatic heterocycles. The minimum atomic E-state index is 0.845. The van der Waals surface area contributed by atoms with E-state index in [4.69, 9.17) is 4.74 Å². The number of nitrogens with zero attached hydrogens (tertiary/aromatic N) is 2. The number of aliphatic imine (C=N–C) groups is 1. The van der Waals surface area contributed by atoms with Gasteiger partial charge in [-0.05, 0) is 6.42 Å². The average molecular weight is 156 g/mol. The number of morpholine rings is 1. The maximum absolute atomic E-state index is 5.20. The summed E-state index contributed by atoms with van der Waals surface area (Å²) >= 11 is 0. The lowest BCUT2D eigenvalue weighted by Crippen LogP contribution is -2.35. The standard InChI is InChI=1S/C8H16N2O/c1-2-3-9-8-10-4-6-11-7-5-10/h8H,2-7H2,1H3. The maximum atomic E-state index is 5.20. The smallest absolute Gasteiger partial charge is 0.0851 e. The predicted octanol–water partition coefficient (Wildman–Crippen LogP) is 0.757. The summed E-state index contributed by atoms with van der Waals surface area (Å²) in [6.07, 6.45) is 3.08. The Morgan fingerprint density at radius 3 is 2.82 bits per heavy atom. The van der Waals surface area contributed by atoms with Gasteiger partial charge < -0.3 is 9.64 Å². The highest BCUT2D eigenvalue weighted by molar-refractivity contribution is 5.54. The van der Waals surface area contributed by atoms with Crippen LogP contribution in [0.1, 0.15) is 13.3 Å². The van der Waals surface area contributed by atoms with Gasteiger partial charge in [0, 0.05) is 19.6 Å². The summed E-state index contributed by atoms with van der Waals surface area (Å²) in [5.41, 5.74) is 0. The first kappa shape index (κ1) is 8.53. The highest BCUT2D eigenvalue weighted by atomic mass is 16.5. The molecular weight excluding hydrogens is 140 g/mol. The third-order valence-electron chi connectivity index (χ3n) is 1.64. The van der Waals surface area contributed by atoms with Crippen molar-refractivity contribution in [2.45, 2.75) is 13.3 Å². The molecule has 0 spiro atoms. The summed E-state index contributed by atoms with van der Waals surface area (Å²) in [6, 6.07) is 0. The van der Waals surface area contributed by atoms with Gasteiger partial charge in [-0.1, -0.05) is 6.92 Å². The van der Waals surface area contributed by atoms with Crippen LogP contribution < -0.4 is 0 Å². The van der Waals surface area contributed by atoms with Crippen LogP contribution in [-0.4, -0.2) is 44.1 Å². The molecule has 3 nitrogen and oxygen atoms in total. The van der Waals surface area contributed by atoms with Gasteiger partial charge in [-0.2, -0.15) is 0 Å². The van der Waals surface area contributed by atoms with Gasteiger partial charge in [-0.3, -0.25) is 4.99 Å². The van der Waals surface area contributed by atoms with Crippen molar-refractivity contribution in [1.29, 1.82) is 0 Å². The van der Waals surface area contributed by atoms with Gasteiger partial charge in [0.15, 0.2) is 0 Å². The molecule has 0 bridgehead atoms. The Morgan fingerprint density at radius 1 is 1.45 bits per heavy atom. The van der Waals surface area contributed by atoms with Gasteiger partial charge >= 0.3 is 0 Å². The molecule has 1 aliphatic rings. The van der Waals surface area contributed by atoms with Crippen LogP contribution in [0, 0.1) is 0 Å². The lowest BCUT2D eigenvalue weighted by molar-refractivity contribution is 0.0700. The van der Waals surface area contributed by atoms with Crippen LogP contribution in [0.25, 0.3) is 0 Å². The topological polar surface area (TPSA) is 24.8 Å². The lowest BCUT2D eigenvalue weighted by atomic mass is 10.4. The second kappa shape index (κ2) is 5.13. The van der Waals surface area contributed by atoms with Crippen molar-refractivity contribution >= 4 is 6.34 Å². The second-order valence-electron chi connectivity index (χ2n) is 2.67. The molecule has 3 heteroatoms. The number of rotatable bonds is 3. The van der Waals surface area contributed by atoms with E-state index in [-0.39, 0.29) is 0 Å². The average Bonchev–Trinajstić information content (AvgIpc) is 2.07. The van der Waals surface area contributed by atoms with Crippen molar-refractivity contribution < 1.29 is 4.74 Å². The van der Waals surface area contributed by atoms with E-state index >= 15 is 0 Å². The van der Waals surface area contributed by atoms with Crippen LogP contribution in [0.15, 0.2) is 4.99 Å². The third-order valence-corrected chi connectivity index (χ3v) is 1.64. The Hall–Kier alpha value is -0.570. The monoisotopic (exact) mass is 156 g/mol. The number of hydrogen-bond donors (Lipinski definition) is 0. The zero-order valence-corrected chi connectivity index (χ0v) is 7.12. The van der Waals surface area contributed by atoms with E-state index in [1.165, 1.54) is 0 Å². The van der Waals surface area contributed by atoms with Gasteiger partial charge in [-0.25, -0.2) is 0 Å². The third kappa shape index (κ3) is 3.37. The Morgan fingerprint density at radius 2 is 2.18 bits per heavy atom. The quantitative estimate of drug-likeness (QED) is 0.445. The summed E-state index contributed by atoms with van der Waals surface area (Å²) in [5, 5.41) is 0. The van der Waals surface area contributed by atoms with Crippen LogP contribution in [0.3, 0.4) is 0 Å². The van der Waals surface area contributed by atoms with Crippen LogP contribution in [0.5, 0.6) is 0 Å². The molecule has 0 unspecified atom stereocenters. The molecule has 0 saturated carbocycles. The zero-order chi connectivity index (χ0) is 7.94. The van der Waals surface area contributed by atoms with E-state index < -0.39 is 0 Å². The maximum Gasteiger partial charge on any atom is 0.0851 e. The second-order valence-corrected chi connectivity index (χ2v) is 2.67. The first-order valence-electron chi connectivity index (χ1n) is 4.25. The van der Waals surface area contributed by atoms with E-state index in [0.29, 0.717) is 0 Å². The van der Waals surface area contributed by atoms with E-state index in [9.17, 15) is 0 Å². The fraction of sp³-hybridized carbons (Fsp3) is 0.875. The molecule has 1 rings (SSSR count). The van der Waals surface area contributed by atoms with Crippen LogP contribution in [0.2, 0.25) is 0 Å². The molecule has 0 aromatic heterocycles. The largest absolute Gasteiger partial charge is 0.378 e. The molecule has 0 radical (unpaired) electrons. The molecule has 0 amide bonds. The molecule has 11 heavy (non-hydrogen) atoms. The van der Waals surface area contributed by atoms with Crippen molar-refractivity contribution in [1.82, 2.24) is 4.90 Å². The zero-order valence-electron chi connectivity index (χ0n) is 7.12. The van der Waals surface area contributed by atoms with Crippen molar-refractivity contribution in [2.75, 3.05) is 32.8 Å². The number of ether oxygens (including phenoxy) is 1. The molecule has 1 heterocycles. The normalized spacial score (nSPS) is 19.5. The fourth-order valence-electron chi connectivity index (χ4n) is 0.995. The van der Waals surface area contributed by atoms with Crippen molar-refractivity contribution in [3.05, 3.63) is 0 Å². The first-order valence-corrected chi connectivity index (χ1v) is 4.25. The minimum Gasteiger partial charge on any atom is -0.378 e. The summed E-state index contributed by atoms with van der Waals surface area (Å²) in [7, 11) is 0. The van der Waals surface area contributed by atoms with Gasteiger partial charge in [0.2, 0.25) is 0 Å². The van der Waals surface area contributed by atoms with Gasteiger partial charge in [0.1, 0.15) is 0 Å². The highest BCUT2D eigenvalue weighted by Gasteiger charge is 2.04. The van der Waals surface area contributed by atoms with E-state index in [2.05, 4.69) is 16.8 Å². The minimum absolute atomic E-state index is 0.845. The predicted molar refractivity (Wildman–Crippen MR) is 46.0 cm³/mol. The van der Waals surface area contributed by atoms with Gasteiger partial charge in [-0.15, -0.1) is 0 Å². The van der Waals surface area contributed by atoms with E-state index in [1.54, 1.807) is 0 Å². The fourth-order valence-corrected chi connectivity index (χ4v) is 0.995. The molecule has 0 N–H and O–H groups in total. The summed E-state index contributed by atoms with van der Waals surface area (Å²) in [5.74, 6) is 0. The Kier molecular flexibility index (Phi) is 3.98. The van der Waals surface area contributed by atoms with Crippen molar-refractivity contribution in [3.8, 4) is 0 Å². The molecule has 1 fully saturated rings. The van der Waals surface area contributed by atoms with E-state index in [1.807, 2.05) is 6.34 Å². The van der Waals surface area contributed by atoms with Crippen LogP contribution in [-0.2, 0) is 4.74 Å². The Labute approximate surface area is 68.1 Å². The Balaban J connectivity index is 2.13. The highest BCUT2D eigenvalue weighted by Crippen LogP contribution is 1.92. The number of hydrogen-bond acceptors (Lipinski definition) is 2. The summed E-state index contributed by atoms with van der Waals surface area (Å²) in [4.78, 5) is 6.47. The van der Waals surface area contributed by atoms with Gasteiger partial charge in [0.05, 0.1) is 19.6 Å². The lowest BCUT2D eigenvalue weighted by Gasteiger charge is -2.24. The molecular formula is C8H16N2O. The Bertz CT molecular complexity index is 119. The SMILES string of the molecule is CCCN=CN1CCOCC1. The van der Waals surface area contributed by atoms with Crippen LogP contribution in [0.4, 0.5) is 0 Å². The van der Waals surface area contributed by atoms with Crippen molar-refractivity contribution in [2.24, 2.45) is 4.99 Å². The summed E-state index contributed by atoms with van der Waals surface area (Å²) < 4.78 is 5.20. The van der Waals surface area contributed by atoms with Gasteiger partial charge in [0.25, 0.3) is 0 Å². The summed E-state index contributed by atoms with van der Waals surface area (Å²) in [6.45, 7) is 6.75. The molecule has 0 atom stereocenters.